The third-order valence-electron chi connectivity index (χ3n) is 6.44. The Hall–Kier alpha value is -2.69. The van der Waals surface area contributed by atoms with Gasteiger partial charge in [-0.15, -0.1) is 0 Å². The molecule has 228 valence electrons. The van der Waals surface area contributed by atoms with Gasteiger partial charge >= 0.3 is 27.0 Å². The van der Waals surface area contributed by atoms with Crippen LogP contribution in [0.25, 0.3) is 0 Å². The minimum absolute atomic E-state index is 0.200. The summed E-state index contributed by atoms with van der Waals surface area (Å²) in [6, 6.07) is 6.10. The molecule has 2 heterocycles. The maximum atomic E-state index is 12.0. The Morgan fingerprint density at radius 2 is 1.68 bits per heavy atom. The highest BCUT2D eigenvalue weighted by Crippen LogP contribution is 2.45. The van der Waals surface area contributed by atoms with Crippen LogP contribution >= 0.6 is 15.2 Å². The molecule has 1 aliphatic heterocycles. The molecule has 9 N–H and O–H groups in total. The third-order valence-corrected chi connectivity index (χ3v) is 8.88. The molecule has 1 aromatic carbocycles. The number of aromatic amines is 1. The number of carbonyl (C=O) groups excluding carboxylic acids is 1. The molecule has 2 unspecified atom stereocenters. The van der Waals surface area contributed by atoms with E-state index in [1.807, 2.05) is 4.98 Å². The monoisotopic (exact) mass is 623 g/mol. The largest absolute Gasteiger partial charge is 0.445 e. The lowest BCUT2D eigenvalue weighted by atomic mass is 10.0. The maximum Gasteiger partial charge on any atom is 0.407 e. The fraction of sp³-hybridized carbons (Fsp3) is 0.500. The van der Waals surface area contributed by atoms with Gasteiger partial charge in [-0.3, -0.25) is 23.5 Å². The number of H-pyrrole nitrogens is 1. The standard InChI is InChI=1S/C22H31N3O14P2/c26-15(19-17(28)18(29)20(39-19)25-10-8-16(27)24-21(25)30)6-5-14(41(35,36)37)7-9-23-22(31)38-11-12-1-3-13(4-2-12)40(32,33)34/h1-4,8,10,14-15,17-20,26,28-29H,5-7,9,11H2,(H,23,31)(H,24,27,30)(H2,32,33,34)(H2,35,36,37)/t14?,15?,17-,18+,19+,20+/m0/s1. The number of ether oxygens (including phenoxy) is 2. The van der Waals surface area contributed by atoms with E-state index < -0.39 is 68.8 Å². The van der Waals surface area contributed by atoms with Crippen LogP contribution in [-0.2, 0) is 25.2 Å². The molecule has 19 heteroatoms. The summed E-state index contributed by atoms with van der Waals surface area (Å²) in [5.74, 6) is 0. The number of hydrogen-bond acceptors (Lipinski definition) is 10. The molecule has 0 spiro atoms. The van der Waals surface area contributed by atoms with Crippen LogP contribution in [-0.4, -0.2) is 87.2 Å². The zero-order valence-electron chi connectivity index (χ0n) is 21.3. The second kappa shape index (κ2) is 13.5. The smallest absolute Gasteiger partial charge is 0.407 e. The summed E-state index contributed by atoms with van der Waals surface area (Å²) in [6.45, 7) is -0.441. The zero-order valence-corrected chi connectivity index (χ0v) is 23.1. The molecule has 1 aliphatic rings. The van der Waals surface area contributed by atoms with Gasteiger partial charge in [0.25, 0.3) is 5.56 Å². The Morgan fingerprint density at radius 1 is 1.02 bits per heavy atom. The predicted molar refractivity (Wildman–Crippen MR) is 139 cm³/mol. The number of aromatic nitrogens is 2. The fourth-order valence-electron chi connectivity index (χ4n) is 4.20. The summed E-state index contributed by atoms with van der Waals surface area (Å²) in [5.41, 5.74) is -2.49. The van der Waals surface area contributed by atoms with Gasteiger partial charge in [-0.05, 0) is 37.0 Å². The lowest BCUT2D eigenvalue weighted by Crippen LogP contribution is -2.39. The van der Waals surface area contributed by atoms with Crippen molar-refractivity contribution in [1.82, 2.24) is 14.9 Å². The van der Waals surface area contributed by atoms with E-state index in [1.165, 1.54) is 24.3 Å². The van der Waals surface area contributed by atoms with E-state index in [4.69, 9.17) is 19.3 Å². The molecule has 17 nitrogen and oxygen atoms in total. The molecular formula is C22H31N3O14P2. The first-order valence-electron chi connectivity index (χ1n) is 12.2. The minimum atomic E-state index is -4.70. The van der Waals surface area contributed by atoms with E-state index in [1.54, 1.807) is 0 Å². The van der Waals surface area contributed by atoms with Crippen LogP contribution in [0.3, 0.4) is 0 Å². The van der Waals surface area contributed by atoms with Crippen molar-refractivity contribution in [2.45, 2.75) is 62.2 Å². The Balaban J connectivity index is 1.49. The van der Waals surface area contributed by atoms with Crippen molar-refractivity contribution >= 4 is 26.6 Å². The maximum absolute atomic E-state index is 12.0. The Morgan fingerprint density at radius 3 is 2.27 bits per heavy atom. The van der Waals surface area contributed by atoms with E-state index in [-0.39, 0.29) is 37.7 Å². The van der Waals surface area contributed by atoms with Gasteiger partial charge in [-0.1, -0.05) is 12.1 Å². The number of nitrogens with one attached hydrogen (secondary N) is 2. The molecule has 6 atom stereocenters. The van der Waals surface area contributed by atoms with Crippen LogP contribution in [0.15, 0.2) is 46.1 Å². The second-order valence-electron chi connectivity index (χ2n) is 9.38. The van der Waals surface area contributed by atoms with Gasteiger partial charge in [0.05, 0.1) is 17.1 Å². The van der Waals surface area contributed by atoms with Crippen LogP contribution < -0.4 is 21.9 Å². The Bertz CT molecular complexity index is 1400. The van der Waals surface area contributed by atoms with E-state index in [0.29, 0.717) is 5.56 Å². The number of benzene rings is 1. The number of aliphatic hydroxyl groups excluding tert-OH is 3. The quantitative estimate of drug-likeness (QED) is 0.115. The van der Waals surface area contributed by atoms with Gasteiger partial charge in [0, 0.05) is 18.8 Å². The van der Waals surface area contributed by atoms with Crippen molar-refractivity contribution in [2.24, 2.45) is 0 Å². The highest BCUT2D eigenvalue weighted by molar-refractivity contribution is 7.60. The highest BCUT2D eigenvalue weighted by Gasteiger charge is 2.47. The number of alkyl carbamates (subject to hydrolysis) is 1. The van der Waals surface area contributed by atoms with Crippen molar-refractivity contribution in [3.8, 4) is 0 Å². The van der Waals surface area contributed by atoms with Gasteiger partial charge in [-0.2, -0.15) is 0 Å². The van der Waals surface area contributed by atoms with Crippen molar-refractivity contribution in [3.05, 3.63) is 62.9 Å². The van der Waals surface area contributed by atoms with Gasteiger partial charge in [0.1, 0.15) is 24.9 Å². The Labute approximate surface area is 231 Å². The van der Waals surface area contributed by atoms with E-state index in [9.17, 15) is 48.6 Å². The topological polar surface area (TPSA) is 278 Å². The Kier molecular flexibility index (Phi) is 10.8. The normalized spacial score (nSPS) is 22.7. The summed E-state index contributed by atoms with van der Waals surface area (Å²) >= 11 is 0. The number of carbonyl (C=O) groups is 1. The molecule has 0 radical (unpaired) electrons. The lowest BCUT2D eigenvalue weighted by molar-refractivity contribution is -0.0882. The molecular weight excluding hydrogens is 592 g/mol. The van der Waals surface area contributed by atoms with Gasteiger partial charge in [-0.25, -0.2) is 9.59 Å². The van der Waals surface area contributed by atoms with Crippen molar-refractivity contribution < 1.29 is 58.3 Å². The number of rotatable bonds is 12. The molecule has 1 fully saturated rings. The molecule has 0 saturated carbocycles. The number of aliphatic hydroxyl groups is 3. The summed E-state index contributed by atoms with van der Waals surface area (Å²) in [7, 11) is -9.11. The lowest BCUT2D eigenvalue weighted by Gasteiger charge is -2.24. The van der Waals surface area contributed by atoms with Crippen molar-refractivity contribution in [1.29, 1.82) is 0 Å². The second-order valence-corrected chi connectivity index (χ2v) is 12.9. The zero-order chi connectivity index (χ0) is 30.5. The van der Waals surface area contributed by atoms with Gasteiger partial charge < -0.3 is 49.7 Å². The van der Waals surface area contributed by atoms with Crippen LogP contribution in [0.5, 0.6) is 0 Å². The average molecular weight is 623 g/mol. The molecule has 0 bridgehead atoms. The van der Waals surface area contributed by atoms with Crippen molar-refractivity contribution in [3.63, 3.8) is 0 Å². The van der Waals surface area contributed by atoms with Crippen molar-refractivity contribution in [2.75, 3.05) is 6.54 Å². The SMILES string of the molecule is O=C(NCCC(CCC(O)[C@H]1O[C@@H](n2ccc(=O)[nH]c2=O)[C@H](O)[C@@H]1O)P(=O)(O)O)OCc1ccc(P(=O)(O)O)cc1. The first-order chi connectivity index (χ1) is 19.1. The van der Waals surface area contributed by atoms with Crippen LogP contribution in [0.4, 0.5) is 4.79 Å². The first kappa shape index (κ1) is 32.8. The van der Waals surface area contributed by atoms with E-state index >= 15 is 0 Å². The van der Waals surface area contributed by atoms with E-state index in [0.717, 1.165) is 16.8 Å². The van der Waals surface area contributed by atoms with Gasteiger partial charge in [0.15, 0.2) is 6.23 Å². The highest BCUT2D eigenvalue weighted by atomic mass is 31.2. The van der Waals surface area contributed by atoms with Gasteiger partial charge in [0.2, 0.25) is 0 Å². The molecule has 0 aliphatic carbocycles. The molecule has 41 heavy (non-hydrogen) atoms. The summed E-state index contributed by atoms with van der Waals surface area (Å²) in [5, 5.41) is 33.3. The number of hydrogen-bond donors (Lipinski definition) is 9. The van der Waals surface area contributed by atoms with Crippen LogP contribution in [0.2, 0.25) is 0 Å². The van der Waals surface area contributed by atoms with Crippen LogP contribution in [0.1, 0.15) is 31.1 Å². The predicted octanol–water partition coefficient (Wildman–Crippen LogP) is -2.04. The summed E-state index contributed by atoms with van der Waals surface area (Å²) in [4.78, 5) is 74.9. The molecule has 1 saturated heterocycles. The minimum Gasteiger partial charge on any atom is -0.445 e. The molecule has 2 aromatic rings. The molecule has 1 aromatic heterocycles. The first-order valence-corrected chi connectivity index (χ1v) is 15.5. The summed E-state index contributed by atoms with van der Waals surface area (Å²) < 4.78 is 34.5. The average Bonchev–Trinajstić information content (AvgIpc) is 3.17. The van der Waals surface area contributed by atoms with Crippen LogP contribution in [0, 0.1) is 0 Å². The summed E-state index contributed by atoms with van der Waals surface area (Å²) in [6.07, 6.45) is -8.31. The fourth-order valence-corrected chi connectivity index (χ4v) is 5.68. The molecule has 1 amide bonds. The third kappa shape index (κ3) is 8.90. The number of nitrogens with zero attached hydrogens (tertiary/aromatic N) is 1. The van der Waals surface area contributed by atoms with E-state index in [2.05, 4.69) is 5.32 Å². The molecule has 3 rings (SSSR count). The number of amides is 1.